The van der Waals surface area contributed by atoms with Crippen molar-refractivity contribution in [1.82, 2.24) is 5.32 Å². The third-order valence-electron chi connectivity index (χ3n) is 12.4. The normalized spacial score (nSPS) is 20.7. The van der Waals surface area contributed by atoms with Crippen LogP contribution in [0.3, 0.4) is 0 Å². The summed E-state index contributed by atoms with van der Waals surface area (Å²) in [4.78, 5) is 13.0. The fraction of sp³-hybridized carbons (Fsp3) is 0.980. The topological polar surface area (TPSA) is 128 Å². The molecule has 1 fully saturated rings. The van der Waals surface area contributed by atoms with Gasteiger partial charge in [-0.05, 0) is 12.8 Å². The van der Waals surface area contributed by atoms with Crippen molar-refractivity contribution in [2.45, 2.75) is 294 Å². The van der Waals surface area contributed by atoms with Crippen LogP contribution in [0.1, 0.15) is 251 Å². The molecule has 1 saturated heterocycles. The molecule has 8 nitrogen and oxygen atoms in total. The maximum atomic E-state index is 13.4. The van der Waals surface area contributed by atoms with Crippen LogP contribution in [0.15, 0.2) is 0 Å². The zero-order chi connectivity index (χ0) is 42.3. The Labute approximate surface area is 357 Å². The number of hydrogen-bond acceptors (Lipinski definition) is 7. The first-order valence-electron chi connectivity index (χ1n) is 25.2. The quantitative estimate of drug-likeness (QED) is 0.0387. The van der Waals surface area contributed by atoms with Crippen LogP contribution < -0.4 is 5.32 Å². The van der Waals surface area contributed by atoms with E-state index in [1.54, 1.807) is 0 Å². The molecule has 346 valence electrons. The number of carbonyl (C=O) groups excluding carboxylic acids is 1. The van der Waals surface area contributed by atoms with Crippen molar-refractivity contribution in [3.63, 3.8) is 0 Å². The van der Waals surface area contributed by atoms with Crippen molar-refractivity contribution in [1.29, 1.82) is 0 Å². The minimum atomic E-state index is -1.63. The number of rotatable bonds is 43. The van der Waals surface area contributed by atoms with Gasteiger partial charge in [0.2, 0.25) is 5.91 Å². The van der Waals surface area contributed by atoms with E-state index in [2.05, 4.69) is 19.2 Å². The van der Waals surface area contributed by atoms with Gasteiger partial charge in [0, 0.05) is 6.42 Å². The van der Waals surface area contributed by atoms with Gasteiger partial charge >= 0.3 is 0 Å². The van der Waals surface area contributed by atoms with Gasteiger partial charge in [0.15, 0.2) is 6.29 Å². The van der Waals surface area contributed by atoms with Crippen LogP contribution in [0, 0.1) is 0 Å². The molecule has 5 N–H and O–H groups in total. The predicted molar refractivity (Wildman–Crippen MR) is 239 cm³/mol. The van der Waals surface area contributed by atoms with Gasteiger partial charge in [-0.15, -0.1) is 0 Å². The molecular formula is C49H96FNO7. The van der Waals surface area contributed by atoms with Gasteiger partial charge in [0.25, 0.3) is 0 Å². The lowest BCUT2D eigenvalue weighted by atomic mass is 9.99. The highest BCUT2D eigenvalue weighted by Crippen LogP contribution is 2.24. The first-order chi connectivity index (χ1) is 28.3. The number of aliphatic hydroxyl groups is 4. The lowest BCUT2D eigenvalue weighted by Gasteiger charge is -2.40. The van der Waals surface area contributed by atoms with E-state index in [-0.39, 0.29) is 12.5 Å². The average molecular weight is 830 g/mol. The number of ether oxygens (including phenoxy) is 2. The Hall–Kier alpha value is -0.840. The fourth-order valence-electron chi connectivity index (χ4n) is 8.37. The van der Waals surface area contributed by atoms with Crippen LogP contribution in [0.25, 0.3) is 0 Å². The van der Waals surface area contributed by atoms with Gasteiger partial charge in [0.05, 0.1) is 18.8 Å². The molecule has 0 aromatic rings. The number of unbranched alkanes of at least 4 members (excludes halogenated alkanes) is 33. The number of alkyl halides is 1. The van der Waals surface area contributed by atoms with Crippen LogP contribution in [0.4, 0.5) is 4.39 Å². The Morgan fingerprint density at radius 1 is 0.534 bits per heavy atom. The Balaban J connectivity index is 2.20. The van der Waals surface area contributed by atoms with Crippen LogP contribution in [0.2, 0.25) is 0 Å². The van der Waals surface area contributed by atoms with Gasteiger partial charge in [-0.1, -0.05) is 232 Å². The molecule has 0 aliphatic carbocycles. The molecule has 0 aromatic heterocycles. The molecule has 1 heterocycles. The van der Waals surface area contributed by atoms with Crippen molar-refractivity contribution in [3.05, 3.63) is 0 Å². The van der Waals surface area contributed by atoms with E-state index in [0.29, 0.717) is 12.8 Å². The summed E-state index contributed by atoms with van der Waals surface area (Å²) in [6.45, 7) is 3.31. The second-order valence-electron chi connectivity index (χ2n) is 17.9. The third-order valence-corrected chi connectivity index (χ3v) is 12.4. The third kappa shape index (κ3) is 30.2. The van der Waals surface area contributed by atoms with Crippen molar-refractivity contribution >= 4 is 5.91 Å². The maximum Gasteiger partial charge on any atom is 0.220 e. The molecule has 0 aromatic carbocycles. The summed E-state index contributed by atoms with van der Waals surface area (Å²) in [5, 5.41) is 44.6. The fourth-order valence-corrected chi connectivity index (χ4v) is 8.37. The molecule has 9 heteroatoms. The first kappa shape index (κ1) is 55.2. The van der Waals surface area contributed by atoms with E-state index in [1.807, 2.05) is 0 Å². The van der Waals surface area contributed by atoms with E-state index in [1.165, 1.54) is 186 Å². The highest BCUT2D eigenvalue weighted by atomic mass is 19.1. The smallest absolute Gasteiger partial charge is 0.220 e. The summed E-state index contributed by atoms with van der Waals surface area (Å²) in [5.41, 5.74) is 0. The van der Waals surface area contributed by atoms with Crippen LogP contribution in [-0.4, -0.2) is 82.5 Å². The zero-order valence-electron chi connectivity index (χ0n) is 38.0. The SMILES string of the molecule is CCCCCCCCCCCCCCCCCCCCCCCCCC(=O)N[C@H](COC1O[C@H](CF)[C@H](O)[C@H](O)[C@H]1O)[C@H](O)CCCCCCCCCCCCCC. The number of hydrogen-bond donors (Lipinski definition) is 5. The predicted octanol–water partition coefficient (Wildman–Crippen LogP) is 12.1. The molecular weight excluding hydrogens is 734 g/mol. The monoisotopic (exact) mass is 830 g/mol. The van der Waals surface area contributed by atoms with Crippen molar-refractivity contribution in [2.24, 2.45) is 0 Å². The summed E-state index contributed by atoms with van der Waals surface area (Å²) in [6, 6.07) is -0.742. The largest absolute Gasteiger partial charge is 0.391 e. The van der Waals surface area contributed by atoms with Crippen LogP contribution in [-0.2, 0) is 14.3 Å². The maximum absolute atomic E-state index is 13.4. The second kappa shape index (κ2) is 40.2. The number of nitrogens with one attached hydrogen (secondary N) is 1. The average Bonchev–Trinajstić information content (AvgIpc) is 3.22. The zero-order valence-corrected chi connectivity index (χ0v) is 38.0. The molecule has 1 aliphatic heterocycles. The Morgan fingerprint density at radius 2 is 0.879 bits per heavy atom. The molecule has 58 heavy (non-hydrogen) atoms. The molecule has 0 radical (unpaired) electrons. The van der Waals surface area contributed by atoms with Crippen molar-refractivity contribution < 1.29 is 39.1 Å². The molecule has 1 rings (SSSR count). The molecule has 1 unspecified atom stereocenters. The lowest BCUT2D eigenvalue weighted by Crippen LogP contribution is -2.59. The highest BCUT2D eigenvalue weighted by molar-refractivity contribution is 5.76. The summed E-state index contributed by atoms with van der Waals surface area (Å²) >= 11 is 0. The number of halogens is 1. The second-order valence-corrected chi connectivity index (χ2v) is 17.9. The lowest BCUT2D eigenvalue weighted by molar-refractivity contribution is -0.300. The molecule has 1 amide bonds. The summed E-state index contributed by atoms with van der Waals surface area (Å²) in [5.74, 6) is -0.159. The number of carbonyl (C=O) groups is 1. The van der Waals surface area contributed by atoms with E-state index < -0.39 is 49.5 Å². The molecule has 1 aliphatic rings. The highest BCUT2D eigenvalue weighted by Gasteiger charge is 2.44. The summed E-state index contributed by atoms with van der Waals surface area (Å²) in [7, 11) is 0. The number of amides is 1. The molecule has 7 atom stereocenters. The van der Waals surface area contributed by atoms with E-state index >= 15 is 0 Å². The van der Waals surface area contributed by atoms with Crippen LogP contribution >= 0.6 is 0 Å². The minimum absolute atomic E-state index is 0.159. The van der Waals surface area contributed by atoms with Gasteiger partial charge in [-0.25, -0.2) is 4.39 Å². The number of aliphatic hydroxyl groups excluding tert-OH is 4. The van der Waals surface area contributed by atoms with Gasteiger partial charge < -0.3 is 35.2 Å². The van der Waals surface area contributed by atoms with Gasteiger partial charge in [0.1, 0.15) is 31.1 Å². The van der Waals surface area contributed by atoms with Crippen molar-refractivity contribution in [3.8, 4) is 0 Å². The molecule has 0 bridgehead atoms. The van der Waals surface area contributed by atoms with E-state index in [4.69, 9.17) is 9.47 Å². The standard InChI is InChI=1S/C49H96FNO7/c1-3-5-7-9-11-13-15-17-18-19-20-21-22-23-24-25-26-27-29-31-33-35-37-39-45(53)51-42(41-57-49-48(56)47(55)46(54)44(40-50)58-49)43(52)38-36-34-32-30-28-16-14-12-10-8-6-4-2/h42-44,46-49,52,54-56H,3-41H2,1-2H3,(H,51,53)/t42-,43-,44-,46+,47+,48-,49?/m1/s1. The van der Waals surface area contributed by atoms with E-state index in [0.717, 1.165) is 38.5 Å². The molecule has 0 saturated carbocycles. The first-order valence-corrected chi connectivity index (χ1v) is 25.2. The van der Waals surface area contributed by atoms with Crippen LogP contribution in [0.5, 0.6) is 0 Å². The summed E-state index contributed by atoms with van der Waals surface area (Å²) < 4.78 is 24.5. The molecule has 0 spiro atoms. The van der Waals surface area contributed by atoms with E-state index in [9.17, 15) is 29.6 Å². The van der Waals surface area contributed by atoms with Crippen molar-refractivity contribution in [2.75, 3.05) is 13.3 Å². The Morgan fingerprint density at radius 3 is 1.24 bits per heavy atom. The summed E-state index contributed by atoms with van der Waals surface area (Å²) in [6.07, 6.45) is 37.5. The Bertz CT molecular complexity index is 882. The Kier molecular flexibility index (Phi) is 38.3. The van der Waals surface area contributed by atoms with Gasteiger partial charge in [-0.3, -0.25) is 4.79 Å². The minimum Gasteiger partial charge on any atom is -0.391 e. The van der Waals surface area contributed by atoms with Gasteiger partial charge in [-0.2, -0.15) is 0 Å².